The summed E-state index contributed by atoms with van der Waals surface area (Å²) < 4.78 is 5.40. The molecule has 1 saturated heterocycles. The number of fused-ring (bicyclic) bond motifs is 1. The van der Waals surface area contributed by atoms with Crippen molar-refractivity contribution in [2.24, 2.45) is 17.8 Å². The predicted molar refractivity (Wildman–Crippen MR) is 80.1 cm³/mol. The maximum Gasteiger partial charge on any atom is 0.237 e. The summed E-state index contributed by atoms with van der Waals surface area (Å²) in [5.74, 6) is 1.00. The van der Waals surface area contributed by atoms with Crippen molar-refractivity contribution in [2.45, 2.75) is 33.1 Å². The average molecular weight is 287 g/mol. The summed E-state index contributed by atoms with van der Waals surface area (Å²) in [4.78, 5) is 26.5. The van der Waals surface area contributed by atoms with E-state index in [0.29, 0.717) is 18.2 Å². The topological polar surface area (TPSA) is 46.6 Å². The molecule has 3 rings (SSSR count). The van der Waals surface area contributed by atoms with Crippen molar-refractivity contribution < 1.29 is 14.3 Å². The molecule has 0 radical (unpaired) electrons. The monoisotopic (exact) mass is 287 g/mol. The van der Waals surface area contributed by atoms with Crippen LogP contribution in [0.4, 0.5) is 5.69 Å². The molecule has 1 aliphatic heterocycles. The van der Waals surface area contributed by atoms with Crippen molar-refractivity contribution in [3.8, 4) is 5.75 Å². The van der Waals surface area contributed by atoms with Gasteiger partial charge < -0.3 is 4.74 Å². The van der Waals surface area contributed by atoms with Crippen molar-refractivity contribution >= 4 is 17.5 Å². The van der Waals surface area contributed by atoms with Crippen LogP contribution in [0.15, 0.2) is 24.3 Å². The molecule has 1 saturated carbocycles. The molecule has 0 unspecified atom stereocenters. The summed E-state index contributed by atoms with van der Waals surface area (Å²) in [7, 11) is 0. The first-order valence-electron chi connectivity index (χ1n) is 7.72. The molecule has 0 aromatic heterocycles. The zero-order chi connectivity index (χ0) is 15.0. The minimum atomic E-state index is -0.118. The number of ether oxygens (including phenoxy) is 1. The maximum absolute atomic E-state index is 12.6. The third-order valence-corrected chi connectivity index (χ3v) is 4.59. The molecule has 1 heterocycles. The number of benzene rings is 1. The van der Waals surface area contributed by atoms with Crippen molar-refractivity contribution in [3.63, 3.8) is 0 Å². The van der Waals surface area contributed by atoms with Crippen LogP contribution >= 0.6 is 0 Å². The molecule has 0 bridgehead atoms. The van der Waals surface area contributed by atoms with Gasteiger partial charge in [-0.2, -0.15) is 0 Å². The van der Waals surface area contributed by atoms with Gasteiger partial charge >= 0.3 is 0 Å². The molecule has 112 valence electrons. The maximum atomic E-state index is 12.6. The summed E-state index contributed by atoms with van der Waals surface area (Å²) in [5, 5.41) is 0. The first-order chi connectivity index (χ1) is 10.1. The fourth-order valence-corrected chi connectivity index (χ4v) is 3.50. The first kappa shape index (κ1) is 14.1. The Labute approximate surface area is 125 Å². The van der Waals surface area contributed by atoms with Crippen LogP contribution in [-0.4, -0.2) is 18.4 Å². The molecule has 2 aliphatic rings. The van der Waals surface area contributed by atoms with Gasteiger partial charge in [0, 0.05) is 0 Å². The lowest BCUT2D eigenvalue weighted by Gasteiger charge is -2.25. The van der Waals surface area contributed by atoms with Crippen LogP contribution in [0.3, 0.4) is 0 Å². The number of rotatable bonds is 3. The number of carbonyl (C=O) groups excluding carboxylic acids is 2. The first-order valence-corrected chi connectivity index (χ1v) is 7.72. The Balaban J connectivity index is 1.85. The van der Waals surface area contributed by atoms with Crippen molar-refractivity contribution in [1.29, 1.82) is 0 Å². The Bertz CT molecular complexity index is 552. The van der Waals surface area contributed by atoms with Gasteiger partial charge in [-0.3, -0.25) is 14.5 Å². The Hall–Kier alpha value is -1.84. The van der Waals surface area contributed by atoms with Crippen molar-refractivity contribution in [3.05, 3.63) is 24.3 Å². The van der Waals surface area contributed by atoms with Crippen LogP contribution in [0.5, 0.6) is 5.75 Å². The Morgan fingerprint density at radius 2 is 1.76 bits per heavy atom. The van der Waals surface area contributed by atoms with E-state index in [1.54, 1.807) is 12.1 Å². The van der Waals surface area contributed by atoms with Gasteiger partial charge in [0.2, 0.25) is 11.8 Å². The largest absolute Gasteiger partial charge is 0.494 e. The average Bonchev–Trinajstić information content (AvgIpc) is 2.72. The number of carbonyl (C=O) groups is 2. The fraction of sp³-hybridized carbons (Fsp3) is 0.529. The van der Waals surface area contributed by atoms with Crippen LogP contribution < -0.4 is 9.64 Å². The number of hydrogen-bond donors (Lipinski definition) is 0. The zero-order valence-electron chi connectivity index (χ0n) is 12.5. The third-order valence-electron chi connectivity index (χ3n) is 4.59. The van der Waals surface area contributed by atoms with Gasteiger partial charge in [-0.1, -0.05) is 6.92 Å². The molecule has 2 amide bonds. The van der Waals surface area contributed by atoms with Crippen molar-refractivity contribution in [2.75, 3.05) is 11.5 Å². The molecule has 1 aromatic carbocycles. The predicted octanol–water partition coefficient (Wildman–Crippen LogP) is 3.01. The third kappa shape index (κ3) is 2.43. The van der Waals surface area contributed by atoms with Gasteiger partial charge in [-0.25, -0.2) is 0 Å². The molecule has 0 spiro atoms. The van der Waals surface area contributed by atoms with Gasteiger partial charge in [0.1, 0.15) is 5.75 Å². The molecule has 4 nitrogen and oxygen atoms in total. The zero-order valence-corrected chi connectivity index (χ0v) is 12.5. The molecule has 21 heavy (non-hydrogen) atoms. The standard InChI is InChI=1S/C17H21NO3/c1-3-21-13-7-5-12(6-8-13)18-16(19)14-9-4-11(2)10-15(14)17(18)20/h5-8,11,14-15H,3-4,9-10H2,1-2H3/t11-,14+,15+/m1/s1. The van der Waals surface area contributed by atoms with E-state index >= 15 is 0 Å². The molecule has 1 aromatic rings. The summed E-state index contributed by atoms with van der Waals surface area (Å²) in [5.41, 5.74) is 0.663. The minimum Gasteiger partial charge on any atom is -0.494 e. The van der Waals surface area contributed by atoms with Gasteiger partial charge in [0.15, 0.2) is 0 Å². The molecule has 4 heteroatoms. The number of nitrogens with zero attached hydrogens (tertiary/aromatic N) is 1. The number of amides is 2. The van der Waals surface area contributed by atoms with E-state index in [-0.39, 0.29) is 23.7 Å². The number of anilines is 1. The van der Waals surface area contributed by atoms with Crippen LogP contribution in [0, 0.1) is 17.8 Å². The fourth-order valence-electron chi connectivity index (χ4n) is 3.50. The van der Waals surface area contributed by atoms with Gasteiger partial charge in [-0.05, 0) is 56.4 Å². The van der Waals surface area contributed by atoms with Crippen LogP contribution in [0.1, 0.15) is 33.1 Å². The van der Waals surface area contributed by atoms with E-state index < -0.39 is 0 Å². The summed E-state index contributed by atoms with van der Waals surface area (Å²) in [6, 6.07) is 7.21. The molecule has 2 fully saturated rings. The Morgan fingerprint density at radius 1 is 1.10 bits per heavy atom. The molecule has 3 atom stereocenters. The second-order valence-electron chi connectivity index (χ2n) is 6.07. The molecule has 1 aliphatic carbocycles. The smallest absolute Gasteiger partial charge is 0.237 e. The van der Waals surface area contributed by atoms with E-state index in [1.165, 1.54) is 4.90 Å². The summed E-state index contributed by atoms with van der Waals surface area (Å²) in [6.45, 7) is 4.68. The highest BCUT2D eigenvalue weighted by atomic mass is 16.5. The van der Waals surface area contributed by atoms with E-state index in [0.717, 1.165) is 25.0 Å². The molecular formula is C17H21NO3. The van der Waals surface area contributed by atoms with E-state index in [1.807, 2.05) is 19.1 Å². The molecular weight excluding hydrogens is 266 g/mol. The van der Waals surface area contributed by atoms with E-state index in [9.17, 15) is 9.59 Å². The lowest BCUT2D eigenvalue weighted by atomic mass is 9.76. The van der Waals surface area contributed by atoms with Gasteiger partial charge in [0.05, 0.1) is 24.1 Å². The second-order valence-corrected chi connectivity index (χ2v) is 6.07. The SMILES string of the molecule is CCOc1ccc(N2C(=O)[C@H]3CC[C@@H](C)C[C@@H]3C2=O)cc1. The summed E-state index contributed by atoms with van der Waals surface area (Å²) in [6.07, 6.45) is 2.71. The summed E-state index contributed by atoms with van der Waals surface area (Å²) >= 11 is 0. The minimum absolute atomic E-state index is 0.0268. The highest BCUT2D eigenvalue weighted by Gasteiger charge is 2.49. The van der Waals surface area contributed by atoms with E-state index in [2.05, 4.69) is 6.92 Å². The Morgan fingerprint density at radius 3 is 2.43 bits per heavy atom. The number of hydrogen-bond acceptors (Lipinski definition) is 3. The molecule has 0 N–H and O–H groups in total. The van der Waals surface area contributed by atoms with Gasteiger partial charge in [-0.15, -0.1) is 0 Å². The number of imide groups is 1. The van der Waals surface area contributed by atoms with Crippen LogP contribution in [-0.2, 0) is 9.59 Å². The highest BCUT2D eigenvalue weighted by molar-refractivity contribution is 6.22. The highest BCUT2D eigenvalue weighted by Crippen LogP contribution is 2.42. The van der Waals surface area contributed by atoms with Crippen LogP contribution in [0.2, 0.25) is 0 Å². The lowest BCUT2D eigenvalue weighted by Crippen LogP contribution is -2.30. The normalized spacial score (nSPS) is 28.7. The van der Waals surface area contributed by atoms with Crippen molar-refractivity contribution in [1.82, 2.24) is 0 Å². The lowest BCUT2D eigenvalue weighted by molar-refractivity contribution is -0.122. The Kier molecular flexibility index (Phi) is 3.70. The van der Waals surface area contributed by atoms with Crippen LogP contribution in [0.25, 0.3) is 0 Å². The quantitative estimate of drug-likeness (QED) is 0.803. The van der Waals surface area contributed by atoms with Gasteiger partial charge in [0.25, 0.3) is 0 Å². The second kappa shape index (κ2) is 5.51. The van der Waals surface area contributed by atoms with E-state index in [4.69, 9.17) is 4.74 Å².